The molecule has 2 heterocycles. The first-order chi connectivity index (χ1) is 13.2. The van der Waals surface area contributed by atoms with Gasteiger partial charge in [0.1, 0.15) is 0 Å². The SMILES string of the molecule is O=C(NC[C@H]1CCCN(Cc2cccnc2)C1)C1(c2ccc(Cl)cc2)CC1. The van der Waals surface area contributed by atoms with Gasteiger partial charge in [-0.15, -0.1) is 0 Å². The molecule has 1 aromatic heterocycles. The van der Waals surface area contributed by atoms with Crippen molar-refractivity contribution in [1.29, 1.82) is 0 Å². The first kappa shape index (κ1) is 18.5. The van der Waals surface area contributed by atoms with E-state index in [0.717, 1.165) is 44.6 Å². The third-order valence-electron chi connectivity index (χ3n) is 5.86. The van der Waals surface area contributed by atoms with E-state index in [2.05, 4.69) is 21.3 Å². The van der Waals surface area contributed by atoms with Gasteiger partial charge in [-0.05, 0) is 67.5 Å². The highest BCUT2D eigenvalue weighted by atomic mass is 35.5. The lowest BCUT2D eigenvalue weighted by Crippen LogP contribution is -2.43. The van der Waals surface area contributed by atoms with Crippen molar-refractivity contribution in [3.8, 4) is 0 Å². The summed E-state index contributed by atoms with van der Waals surface area (Å²) in [5.41, 5.74) is 2.02. The number of likely N-dealkylation sites (tertiary alicyclic amines) is 1. The molecule has 1 saturated carbocycles. The van der Waals surface area contributed by atoms with Crippen molar-refractivity contribution in [2.45, 2.75) is 37.6 Å². The van der Waals surface area contributed by atoms with Crippen LogP contribution in [0.15, 0.2) is 48.8 Å². The fourth-order valence-corrected chi connectivity index (χ4v) is 4.28. The van der Waals surface area contributed by atoms with E-state index in [0.29, 0.717) is 10.9 Å². The van der Waals surface area contributed by atoms with E-state index < -0.39 is 0 Å². The standard InChI is InChI=1S/C22H26ClN3O/c23-20-7-5-19(6-8-20)22(9-10-22)21(27)25-14-18-4-2-12-26(16-18)15-17-3-1-11-24-13-17/h1,3,5-8,11,13,18H,2,4,9-10,12,14-16H2,(H,25,27)/t18-/m1/s1. The summed E-state index contributed by atoms with van der Waals surface area (Å²) in [4.78, 5) is 19.5. The zero-order valence-electron chi connectivity index (χ0n) is 15.5. The normalized spacial score (nSPS) is 21.6. The monoisotopic (exact) mass is 383 g/mol. The highest BCUT2D eigenvalue weighted by molar-refractivity contribution is 6.30. The first-order valence-electron chi connectivity index (χ1n) is 9.81. The van der Waals surface area contributed by atoms with Gasteiger partial charge in [0.05, 0.1) is 5.41 Å². The van der Waals surface area contributed by atoms with Crippen molar-refractivity contribution in [3.63, 3.8) is 0 Å². The van der Waals surface area contributed by atoms with Crippen LogP contribution >= 0.6 is 11.6 Å². The molecular weight excluding hydrogens is 358 g/mol. The highest BCUT2D eigenvalue weighted by Crippen LogP contribution is 2.48. The van der Waals surface area contributed by atoms with Crippen LogP contribution in [0.1, 0.15) is 36.8 Å². The summed E-state index contributed by atoms with van der Waals surface area (Å²) in [6.45, 7) is 3.85. The molecule has 1 amide bonds. The van der Waals surface area contributed by atoms with Crippen molar-refractivity contribution in [2.24, 2.45) is 5.92 Å². The fraction of sp³-hybridized carbons (Fsp3) is 0.455. The summed E-state index contributed by atoms with van der Waals surface area (Å²) < 4.78 is 0. The lowest BCUT2D eigenvalue weighted by molar-refractivity contribution is -0.123. The smallest absolute Gasteiger partial charge is 0.230 e. The van der Waals surface area contributed by atoms with Crippen molar-refractivity contribution in [3.05, 3.63) is 64.9 Å². The molecule has 1 saturated heterocycles. The summed E-state index contributed by atoms with van der Waals surface area (Å²) in [5.74, 6) is 0.689. The maximum Gasteiger partial charge on any atom is 0.230 e. The minimum Gasteiger partial charge on any atom is -0.355 e. The second-order valence-corrected chi connectivity index (χ2v) is 8.34. The number of hydrogen-bond donors (Lipinski definition) is 1. The molecule has 0 unspecified atom stereocenters. The number of nitrogens with one attached hydrogen (secondary N) is 1. The number of carbonyl (C=O) groups is 1. The zero-order valence-corrected chi connectivity index (χ0v) is 16.3. The van der Waals surface area contributed by atoms with Crippen LogP contribution < -0.4 is 5.32 Å². The molecule has 142 valence electrons. The van der Waals surface area contributed by atoms with Crippen LogP contribution in [0, 0.1) is 5.92 Å². The molecule has 1 aliphatic carbocycles. The topological polar surface area (TPSA) is 45.2 Å². The molecule has 4 nitrogen and oxygen atoms in total. The Labute approximate surface area is 165 Å². The van der Waals surface area contributed by atoms with Crippen LogP contribution in [0.3, 0.4) is 0 Å². The zero-order chi connectivity index (χ0) is 18.7. The van der Waals surface area contributed by atoms with E-state index in [1.54, 1.807) is 0 Å². The molecule has 2 aromatic rings. The predicted molar refractivity (Wildman–Crippen MR) is 108 cm³/mol. The molecule has 4 rings (SSSR count). The van der Waals surface area contributed by atoms with Gasteiger partial charge in [-0.3, -0.25) is 14.7 Å². The van der Waals surface area contributed by atoms with E-state index in [1.807, 2.05) is 42.7 Å². The van der Waals surface area contributed by atoms with Gasteiger partial charge < -0.3 is 5.32 Å². The number of aromatic nitrogens is 1. The third-order valence-corrected chi connectivity index (χ3v) is 6.12. The number of rotatable bonds is 6. The van der Waals surface area contributed by atoms with E-state index in [-0.39, 0.29) is 11.3 Å². The molecule has 0 radical (unpaired) electrons. The number of halogens is 1. The average molecular weight is 384 g/mol. The number of piperidine rings is 1. The molecule has 1 aromatic carbocycles. The maximum atomic E-state index is 12.9. The Morgan fingerprint density at radius 3 is 2.78 bits per heavy atom. The van der Waals surface area contributed by atoms with Crippen LogP contribution in [0.25, 0.3) is 0 Å². The Morgan fingerprint density at radius 2 is 2.07 bits per heavy atom. The quantitative estimate of drug-likeness (QED) is 0.825. The lowest BCUT2D eigenvalue weighted by Gasteiger charge is -2.33. The van der Waals surface area contributed by atoms with Crippen LogP contribution in [0.4, 0.5) is 0 Å². The van der Waals surface area contributed by atoms with Gasteiger partial charge in [0.25, 0.3) is 0 Å². The van der Waals surface area contributed by atoms with Crippen molar-refractivity contribution in [1.82, 2.24) is 15.2 Å². The molecule has 0 spiro atoms. The summed E-state index contributed by atoms with van der Waals surface area (Å²) in [6, 6.07) is 11.9. The van der Waals surface area contributed by atoms with Crippen molar-refractivity contribution >= 4 is 17.5 Å². The Hall–Kier alpha value is -1.91. The molecule has 5 heteroatoms. The maximum absolute atomic E-state index is 12.9. The minimum absolute atomic E-state index is 0.175. The van der Waals surface area contributed by atoms with E-state index in [1.165, 1.54) is 18.4 Å². The summed E-state index contributed by atoms with van der Waals surface area (Å²) in [7, 11) is 0. The van der Waals surface area contributed by atoms with E-state index in [4.69, 9.17) is 11.6 Å². The van der Waals surface area contributed by atoms with Gasteiger partial charge in [-0.25, -0.2) is 0 Å². The molecule has 27 heavy (non-hydrogen) atoms. The van der Waals surface area contributed by atoms with Gasteiger partial charge in [0.15, 0.2) is 0 Å². The Kier molecular flexibility index (Phi) is 5.46. The second-order valence-electron chi connectivity index (χ2n) is 7.90. The number of amides is 1. The summed E-state index contributed by atoms with van der Waals surface area (Å²) >= 11 is 5.99. The molecule has 2 fully saturated rings. The number of benzene rings is 1. The first-order valence-corrected chi connectivity index (χ1v) is 10.2. The minimum atomic E-state index is -0.325. The fourth-order valence-electron chi connectivity index (χ4n) is 4.16. The van der Waals surface area contributed by atoms with Crippen molar-refractivity contribution in [2.75, 3.05) is 19.6 Å². The summed E-state index contributed by atoms with van der Waals surface area (Å²) in [6.07, 6.45) is 7.97. The van der Waals surface area contributed by atoms with E-state index in [9.17, 15) is 4.79 Å². The summed E-state index contributed by atoms with van der Waals surface area (Å²) in [5, 5.41) is 3.96. The molecule has 1 N–H and O–H groups in total. The van der Waals surface area contributed by atoms with Crippen molar-refractivity contribution < 1.29 is 4.79 Å². The van der Waals surface area contributed by atoms with Crippen LogP contribution in [0.5, 0.6) is 0 Å². The molecule has 1 aliphatic heterocycles. The molecule has 1 atom stereocenters. The molecule has 2 aliphatic rings. The van der Waals surface area contributed by atoms with Crippen LogP contribution in [-0.2, 0) is 16.8 Å². The van der Waals surface area contributed by atoms with Gasteiger partial charge in [-0.2, -0.15) is 0 Å². The largest absolute Gasteiger partial charge is 0.355 e. The third kappa shape index (κ3) is 4.33. The number of hydrogen-bond acceptors (Lipinski definition) is 3. The van der Waals surface area contributed by atoms with Gasteiger partial charge in [0, 0.05) is 37.1 Å². The number of carbonyl (C=O) groups excluding carboxylic acids is 1. The van der Waals surface area contributed by atoms with E-state index >= 15 is 0 Å². The Morgan fingerprint density at radius 1 is 1.26 bits per heavy atom. The number of nitrogens with zero attached hydrogens (tertiary/aromatic N) is 2. The molecule has 0 bridgehead atoms. The predicted octanol–water partition coefficient (Wildman–Crippen LogP) is 3.80. The molecular formula is C22H26ClN3O. The lowest BCUT2D eigenvalue weighted by atomic mass is 9.93. The number of pyridine rings is 1. The van der Waals surface area contributed by atoms with Gasteiger partial charge in [0.2, 0.25) is 5.91 Å². The van der Waals surface area contributed by atoms with Gasteiger partial charge >= 0.3 is 0 Å². The Balaban J connectivity index is 1.30. The second kappa shape index (κ2) is 7.99. The Bertz CT molecular complexity index is 774. The average Bonchev–Trinajstić information content (AvgIpc) is 3.50. The van der Waals surface area contributed by atoms with Gasteiger partial charge in [-0.1, -0.05) is 29.8 Å². The highest BCUT2D eigenvalue weighted by Gasteiger charge is 2.51. The van der Waals surface area contributed by atoms with Crippen LogP contribution in [-0.4, -0.2) is 35.4 Å². The van der Waals surface area contributed by atoms with Crippen LogP contribution in [0.2, 0.25) is 5.02 Å².